The van der Waals surface area contributed by atoms with Crippen LogP contribution in [-0.2, 0) is 14.8 Å². The van der Waals surface area contributed by atoms with Crippen LogP contribution < -0.4 is 5.32 Å². The van der Waals surface area contributed by atoms with E-state index in [9.17, 15) is 13.2 Å². The van der Waals surface area contributed by atoms with Crippen molar-refractivity contribution < 1.29 is 17.9 Å². The van der Waals surface area contributed by atoms with Crippen LogP contribution in [0.1, 0.15) is 34.1 Å². The Hall–Kier alpha value is -2.06. The van der Waals surface area contributed by atoms with Gasteiger partial charge in [0, 0.05) is 16.1 Å². The molecule has 0 saturated heterocycles. The molecule has 1 unspecified atom stereocenters. The molecule has 1 heterocycles. The summed E-state index contributed by atoms with van der Waals surface area (Å²) < 4.78 is 33.0. The van der Waals surface area contributed by atoms with Gasteiger partial charge in [-0.25, -0.2) is 17.2 Å². The molecule has 1 atom stereocenters. The highest BCUT2D eigenvalue weighted by atomic mass is 79.9. The molecule has 150 valence electrons. The van der Waals surface area contributed by atoms with Gasteiger partial charge >= 0.3 is 6.09 Å². The van der Waals surface area contributed by atoms with E-state index in [1.807, 2.05) is 12.2 Å². The summed E-state index contributed by atoms with van der Waals surface area (Å²) in [5.74, 6) is 0. The number of halogens is 1. The van der Waals surface area contributed by atoms with E-state index in [-0.39, 0.29) is 0 Å². The molecule has 1 aliphatic rings. The minimum atomic E-state index is -3.74. The fraction of sp³-hybridized carbons (Fsp3) is 0.350. The van der Waals surface area contributed by atoms with Crippen LogP contribution in [0, 0.1) is 0 Å². The van der Waals surface area contributed by atoms with Gasteiger partial charge in [0.05, 0.1) is 11.2 Å². The summed E-state index contributed by atoms with van der Waals surface area (Å²) in [6.07, 6.45) is 6.69. The van der Waals surface area contributed by atoms with Gasteiger partial charge in [0.1, 0.15) is 10.3 Å². The summed E-state index contributed by atoms with van der Waals surface area (Å²) in [6.45, 7) is 7.03. The van der Waals surface area contributed by atoms with Crippen molar-refractivity contribution >= 4 is 48.6 Å². The standard InChI is InChI=1S/C20H23BrN2O4S/c1-19(2,3)27-18(24)22-16-8-5-9-17-15(16)10-12-23(17)28(25,26)20(4)11-6-7-14(21)13-20/h5-10,12-13H,11H2,1-4H3,(H,22,24). The number of carbonyl (C=O) groups excluding carboxylic acids is 1. The second-order valence-electron chi connectivity index (χ2n) is 7.93. The zero-order valence-electron chi connectivity index (χ0n) is 16.2. The summed E-state index contributed by atoms with van der Waals surface area (Å²) in [7, 11) is -3.74. The largest absolute Gasteiger partial charge is 0.444 e. The Balaban J connectivity index is 2.02. The molecule has 0 saturated carbocycles. The molecular weight excluding hydrogens is 444 g/mol. The molecule has 0 bridgehead atoms. The van der Waals surface area contributed by atoms with Gasteiger partial charge in [-0.1, -0.05) is 34.1 Å². The third kappa shape index (κ3) is 3.89. The van der Waals surface area contributed by atoms with Crippen molar-refractivity contribution in [2.45, 2.75) is 44.5 Å². The molecule has 0 spiro atoms. The maximum atomic E-state index is 13.4. The lowest BCUT2D eigenvalue weighted by Gasteiger charge is -2.28. The number of aromatic nitrogens is 1. The van der Waals surface area contributed by atoms with Gasteiger partial charge in [-0.05, 0) is 58.4 Å². The summed E-state index contributed by atoms with van der Waals surface area (Å²) in [5, 5.41) is 3.32. The number of hydrogen-bond donors (Lipinski definition) is 1. The maximum Gasteiger partial charge on any atom is 0.412 e. The number of fused-ring (bicyclic) bond motifs is 1. The van der Waals surface area contributed by atoms with Crippen molar-refractivity contribution in [1.82, 2.24) is 3.97 Å². The van der Waals surface area contributed by atoms with Crippen molar-refractivity contribution in [3.63, 3.8) is 0 Å². The van der Waals surface area contributed by atoms with Crippen molar-refractivity contribution in [1.29, 1.82) is 0 Å². The van der Waals surface area contributed by atoms with Gasteiger partial charge < -0.3 is 4.74 Å². The normalized spacial score (nSPS) is 20.1. The van der Waals surface area contributed by atoms with Gasteiger partial charge in [-0.2, -0.15) is 0 Å². The van der Waals surface area contributed by atoms with Crippen LogP contribution >= 0.6 is 15.9 Å². The molecule has 2 aromatic rings. The first-order chi connectivity index (χ1) is 12.9. The Bertz CT molecular complexity index is 1090. The number of nitrogens with zero attached hydrogens (tertiary/aromatic N) is 1. The summed E-state index contributed by atoms with van der Waals surface area (Å²) in [4.78, 5) is 12.1. The molecule has 1 aromatic carbocycles. The number of rotatable bonds is 3. The quantitative estimate of drug-likeness (QED) is 0.676. The van der Waals surface area contributed by atoms with E-state index in [0.717, 1.165) is 4.48 Å². The SMILES string of the molecule is CC(C)(C)OC(=O)Nc1cccc2c1ccn2S(=O)(=O)C1(C)C=C(Br)C=CC1. The van der Waals surface area contributed by atoms with Gasteiger partial charge in [-0.15, -0.1) is 0 Å². The highest BCUT2D eigenvalue weighted by Crippen LogP contribution is 2.35. The topological polar surface area (TPSA) is 77.4 Å². The molecular formula is C20H23BrN2O4S. The monoisotopic (exact) mass is 466 g/mol. The van der Waals surface area contributed by atoms with Gasteiger partial charge in [0.15, 0.2) is 0 Å². The summed E-state index contributed by atoms with van der Waals surface area (Å²) in [6, 6.07) is 6.81. The molecule has 1 amide bonds. The number of nitrogens with one attached hydrogen (secondary N) is 1. The number of allylic oxidation sites excluding steroid dienone is 3. The van der Waals surface area contributed by atoms with E-state index in [0.29, 0.717) is 23.0 Å². The Morgan fingerprint density at radius 2 is 2.00 bits per heavy atom. The lowest BCUT2D eigenvalue weighted by molar-refractivity contribution is 0.0636. The average molecular weight is 467 g/mol. The van der Waals surface area contributed by atoms with Crippen molar-refractivity contribution in [3.05, 3.63) is 53.2 Å². The third-order valence-corrected chi connectivity index (χ3v) is 7.22. The van der Waals surface area contributed by atoms with E-state index < -0.39 is 26.5 Å². The smallest absolute Gasteiger partial charge is 0.412 e. The van der Waals surface area contributed by atoms with Crippen molar-refractivity contribution in [3.8, 4) is 0 Å². The van der Waals surface area contributed by atoms with Crippen LogP contribution in [0.25, 0.3) is 10.9 Å². The molecule has 1 aromatic heterocycles. The molecule has 0 fully saturated rings. The minimum absolute atomic E-state index is 0.375. The Kier molecular flexibility index (Phi) is 5.22. The van der Waals surface area contributed by atoms with E-state index in [1.54, 1.807) is 58.0 Å². The lowest BCUT2D eigenvalue weighted by Crippen LogP contribution is -2.38. The predicted octanol–water partition coefficient (Wildman–Crippen LogP) is 5.16. The van der Waals surface area contributed by atoms with Crippen LogP contribution in [0.2, 0.25) is 0 Å². The second kappa shape index (κ2) is 7.08. The molecule has 0 aliphatic heterocycles. The first-order valence-corrected chi connectivity index (χ1v) is 11.1. The Morgan fingerprint density at radius 1 is 1.29 bits per heavy atom. The minimum Gasteiger partial charge on any atom is -0.444 e. The number of anilines is 1. The fourth-order valence-electron chi connectivity index (χ4n) is 3.08. The maximum absolute atomic E-state index is 13.4. The van der Waals surface area contributed by atoms with Gasteiger partial charge in [-0.3, -0.25) is 5.32 Å². The number of hydrogen-bond acceptors (Lipinski definition) is 4. The van der Waals surface area contributed by atoms with Crippen molar-refractivity contribution in [2.75, 3.05) is 5.32 Å². The average Bonchev–Trinajstić information content (AvgIpc) is 2.98. The summed E-state index contributed by atoms with van der Waals surface area (Å²) >= 11 is 3.37. The van der Waals surface area contributed by atoms with Gasteiger partial charge in [0.25, 0.3) is 0 Å². The molecule has 28 heavy (non-hydrogen) atoms. The van der Waals surface area contributed by atoms with Gasteiger partial charge in [0.2, 0.25) is 10.0 Å². The molecule has 8 heteroatoms. The van der Waals surface area contributed by atoms with E-state index in [2.05, 4.69) is 21.2 Å². The lowest BCUT2D eigenvalue weighted by atomic mass is 10.0. The Labute approximate surface area is 173 Å². The second-order valence-corrected chi connectivity index (χ2v) is 11.1. The first kappa shape index (κ1) is 20.7. The highest BCUT2D eigenvalue weighted by molar-refractivity contribution is 9.11. The van der Waals surface area contributed by atoms with E-state index in [4.69, 9.17) is 4.74 Å². The fourth-order valence-corrected chi connectivity index (χ4v) is 5.60. The zero-order valence-corrected chi connectivity index (χ0v) is 18.6. The molecule has 1 N–H and O–H groups in total. The van der Waals surface area contributed by atoms with E-state index >= 15 is 0 Å². The first-order valence-electron chi connectivity index (χ1n) is 8.83. The van der Waals surface area contributed by atoms with Crippen LogP contribution in [0.5, 0.6) is 0 Å². The van der Waals surface area contributed by atoms with Crippen LogP contribution in [0.3, 0.4) is 0 Å². The molecule has 6 nitrogen and oxygen atoms in total. The van der Waals surface area contributed by atoms with Crippen LogP contribution in [0.4, 0.5) is 10.5 Å². The Morgan fingerprint density at radius 3 is 2.64 bits per heavy atom. The summed E-state index contributed by atoms with van der Waals surface area (Å²) in [5.41, 5.74) is 0.357. The van der Waals surface area contributed by atoms with E-state index in [1.165, 1.54) is 10.2 Å². The molecule has 3 rings (SSSR count). The predicted molar refractivity (Wildman–Crippen MR) is 115 cm³/mol. The number of benzene rings is 1. The van der Waals surface area contributed by atoms with Crippen LogP contribution in [0.15, 0.2) is 53.2 Å². The zero-order chi connectivity index (χ0) is 20.7. The highest BCUT2D eigenvalue weighted by Gasteiger charge is 2.39. The molecule has 1 aliphatic carbocycles. The van der Waals surface area contributed by atoms with Crippen molar-refractivity contribution in [2.24, 2.45) is 0 Å². The number of ether oxygens (including phenoxy) is 1. The third-order valence-electron chi connectivity index (χ3n) is 4.42. The van der Waals surface area contributed by atoms with Crippen LogP contribution in [-0.4, -0.2) is 28.8 Å². The number of amides is 1. The number of carbonyl (C=O) groups is 1. The molecule has 0 radical (unpaired) electrons.